The lowest BCUT2D eigenvalue weighted by Crippen LogP contribution is -2.36. The van der Waals surface area contributed by atoms with Crippen LogP contribution in [-0.2, 0) is 21.4 Å². The van der Waals surface area contributed by atoms with Crippen molar-refractivity contribution in [2.45, 2.75) is 50.2 Å². The summed E-state index contributed by atoms with van der Waals surface area (Å²) in [5, 5.41) is 4.94. The molecule has 1 aliphatic heterocycles. The van der Waals surface area contributed by atoms with E-state index >= 15 is 0 Å². The largest absolute Gasteiger partial charge is 0.493 e. The predicted molar refractivity (Wildman–Crippen MR) is 167 cm³/mol. The molecular formula is C34H39N3O4S. The van der Waals surface area contributed by atoms with Crippen molar-refractivity contribution in [3.8, 4) is 5.75 Å². The monoisotopic (exact) mass is 585 g/mol. The maximum atomic E-state index is 13.5. The first-order valence-electron chi connectivity index (χ1n) is 14.5. The van der Waals surface area contributed by atoms with Gasteiger partial charge >= 0.3 is 0 Å². The van der Waals surface area contributed by atoms with Crippen molar-refractivity contribution in [3.05, 3.63) is 108 Å². The second kappa shape index (κ2) is 13.1. The van der Waals surface area contributed by atoms with Crippen LogP contribution in [0.4, 0.5) is 0 Å². The number of nitrogens with one attached hydrogen (secondary N) is 2. The third kappa shape index (κ3) is 7.37. The SMILES string of the molecule is CC(C)CN(C)Cc1ccc2c(c1)OCCC2NC(=O)CC(NS(=O)(=O)c1ccc2ccccc2c1)c1ccccc1. The number of benzene rings is 4. The van der Waals surface area contributed by atoms with Gasteiger partial charge in [0.15, 0.2) is 0 Å². The molecule has 0 radical (unpaired) electrons. The lowest BCUT2D eigenvalue weighted by Gasteiger charge is -2.28. The number of carbonyl (C=O) groups is 1. The van der Waals surface area contributed by atoms with Gasteiger partial charge in [0, 0.05) is 31.5 Å². The molecule has 1 aliphatic rings. The van der Waals surface area contributed by atoms with E-state index in [0.29, 0.717) is 18.9 Å². The minimum Gasteiger partial charge on any atom is -0.493 e. The summed E-state index contributed by atoms with van der Waals surface area (Å²) in [6, 6.07) is 27.1. The van der Waals surface area contributed by atoms with Crippen LogP contribution in [0.2, 0.25) is 0 Å². The summed E-state index contributed by atoms with van der Waals surface area (Å²) in [6.07, 6.45) is 0.603. The summed E-state index contributed by atoms with van der Waals surface area (Å²) in [4.78, 5) is 15.9. The number of hydrogen-bond donors (Lipinski definition) is 2. The summed E-state index contributed by atoms with van der Waals surface area (Å²) in [5.41, 5.74) is 2.83. The Kier molecular flexibility index (Phi) is 9.26. The minimum atomic E-state index is -3.90. The topological polar surface area (TPSA) is 87.7 Å². The van der Waals surface area contributed by atoms with Gasteiger partial charge < -0.3 is 15.0 Å². The predicted octanol–water partition coefficient (Wildman–Crippen LogP) is 5.98. The average molecular weight is 586 g/mol. The molecule has 220 valence electrons. The van der Waals surface area contributed by atoms with Crippen LogP contribution in [0.25, 0.3) is 10.8 Å². The highest BCUT2D eigenvalue weighted by atomic mass is 32.2. The van der Waals surface area contributed by atoms with Crippen LogP contribution in [0.1, 0.15) is 55.5 Å². The van der Waals surface area contributed by atoms with Crippen molar-refractivity contribution in [3.63, 3.8) is 0 Å². The summed E-state index contributed by atoms with van der Waals surface area (Å²) in [5.74, 6) is 1.14. The Morgan fingerprint density at radius 2 is 1.69 bits per heavy atom. The Morgan fingerprint density at radius 3 is 2.45 bits per heavy atom. The zero-order valence-corrected chi connectivity index (χ0v) is 25.2. The molecule has 0 aliphatic carbocycles. The first-order valence-corrected chi connectivity index (χ1v) is 16.0. The Morgan fingerprint density at radius 1 is 0.952 bits per heavy atom. The van der Waals surface area contributed by atoms with Crippen LogP contribution in [0.3, 0.4) is 0 Å². The fourth-order valence-corrected chi connectivity index (χ4v) is 6.88. The summed E-state index contributed by atoms with van der Waals surface area (Å²) in [7, 11) is -1.79. The molecule has 2 atom stereocenters. The lowest BCUT2D eigenvalue weighted by atomic mass is 9.97. The molecule has 0 fully saturated rings. The van der Waals surface area contributed by atoms with Gasteiger partial charge in [0.25, 0.3) is 0 Å². The number of nitrogens with zero attached hydrogens (tertiary/aromatic N) is 1. The summed E-state index contributed by atoms with van der Waals surface area (Å²) >= 11 is 0. The zero-order chi connectivity index (χ0) is 29.7. The van der Waals surface area contributed by atoms with Crippen molar-refractivity contribution in [1.82, 2.24) is 14.9 Å². The minimum absolute atomic E-state index is 0.0401. The molecule has 1 amide bonds. The number of sulfonamides is 1. The number of carbonyl (C=O) groups excluding carboxylic acids is 1. The highest BCUT2D eigenvalue weighted by Crippen LogP contribution is 2.33. The first-order chi connectivity index (χ1) is 20.2. The van der Waals surface area contributed by atoms with E-state index in [0.717, 1.165) is 46.3 Å². The van der Waals surface area contributed by atoms with E-state index in [1.165, 1.54) is 0 Å². The van der Waals surface area contributed by atoms with E-state index in [9.17, 15) is 13.2 Å². The molecule has 42 heavy (non-hydrogen) atoms. The van der Waals surface area contributed by atoms with E-state index in [1.54, 1.807) is 18.2 Å². The molecular weight excluding hydrogens is 546 g/mol. The Bertz CT molecular complexity index is 1640. The highest BCUT2D eigenvalue weighted by molar-refractivity contribution is 7.89. The lowest BCUT2D eigenvalue weighted by molar-refractivity contribution is -0.122. The van der Waals surface area contributed by atoms with Gasteiger partial charge in [-0.25, -0.2) is 13.1 Å². The average Bonchev–Trinajstić information content (AvgIpc) is 2.96. The second-order valence-corrected chi connectivity index (χ2v) is 13.2. The number of rotatable bonds is 11. The summed E-state index contributed by atoms with van der Waals surface area (Å²) in [6.45, 7) is 6.73. The second-order valence-electron chi connectivity index (χ2n) is 11.5. The fourth-order valence-electron chi connectivity index (χ4n) is 5.62. The molecule has 0 saturated carbocycles. The van der Waals surface area contributed by atoms with Gasteiger partial charge in [-0.1, -0.05) is 86.6 Å². The Hall–Kier alpha value is -3.72. The fraction of sp³-hybridized carbons (Fsp3) is 0.324. The molecule has 4 aromatic carbocycles. The standard InChI is InChI=1S/C34H39N3O4S/c1-24(2)22-37(3)23-25-13-16-30-31(17-18-41-33(30)19-25)35-34(38)21-32(27-10-5-4-6-11-27)36-42(39,40)29-15-14-26-9-7-8-12-28(26)20-29/h4-16,19-20,24,31-32,36H,17-18,21-23H2,1-3H3,(H,35,38). The van der Waals surface area contributed by atoms with E-state index in [4.69, 9.17) is 4.74 Å². The molecule has 5 rings (SSSR count). The maximum absolute atomic E-state index is 13.5. The van der Waals surface area contributed by atoms with Crippen molar-refractivity contribution in [2.75, 3.05) is 20.2 Å². The van der Waals surface area contributed by atoms with Crippen LogP contribution in [0.5, 0.6) is 5.75 Å². The molecule has 4 aromatic rings. The zero-order valence-electron chi connectivity index (χ0n) is 24.4. The van der Waals surface area contributed by atoms with Crippen molar-refractivity contribution >= 4 is 26.7 Å². The normalized spacial score (nSPS) is 15.8. The molecule has 0 aromatic heterocycles. The van der Waals surface area contributed by atoms with Gasteiger partial charge in [0.05, 0.1) is 23.6 Å². The number of hydrogen-bond acceptors (Lipinski definition) is 5. The molecule has 2 unspecified atom stereocenters. The first kappa shape index (κ1) is 29.8. The number of amides is 1. The van der Waals surface area contributed by atoms with E-state index < -0.39 is 16.1 Å². The van der Waals surface area contributed by atoms with Crippen molar-refractivity contribution in [1.29, 1.82) is 0 Å². The van der Waals surface area contributed by atoms with Crippen LogP contribution in [0, 0.1) is 5.92 Å². The molecule has 7 nitrogen and oxygen atoms in total. The van der Waals surface area contributed by atoms with Crippen LogP contribution >= 0.6 is 0 Å². The number of ether oxygens (including phenoxy) is 1. The highest BCUT2D eigenvalue weighted by Gasteiger charge is 2.27. The molecule has 1 heterocycles. The number of fused-ring (bicyclic) bond motifs is 2. The van der Waals surface area contributed by atoms with E-state index in [1.807, 2.05) is 60.7 Å². The van der Waals surface area contributed by atoms with Gasteiger partial charge in [-0.3, -0.25) is 4.79 Å². The van der Waals surface area contributed by atoms with Crippen molar-refractivity contribution < 1.29 is 17.9 Å². The summed E-state index contributed by atoms with van der Waals surface area (Å²) < 4.78 is 35.8. The van der Waals surface area contributed by atoms with Crippen LogP contribution < -0.4 is 14.8 Å². The van der Waals surface area contributed by atoms with Gasteiger partial charge in [-0.2, -0.15) is 0 Å². The quantitative estimate of drug-likeness (QED) is 0.226. The van der Waals surface area contributed by atoms with E-state index in [2.05, 4.69) is 48.0 Å². The Balaban J connectivity index is 1.31. The Labute approximate surface area is 248 Å². The molecule has 0 spiro atoms. The van der Waals surface area contributed by atoms with E-state index in [-0.39, 0.29) is 23.3 Å². The molecule has 0 saturated heterocycles. The van der Waals surface area contributed by atoms with Crippen LogP contribution in [-0.4, -0.2) is 39.4 Å². The van der Waals surface area contributed by atoms with Gasteiger partial charge in [-0.05, 0) is 53.1 Å². The van der Waals surface area contributed by atoms with Gasteiger partial charge in [-0.15, -0.1) is 0 Å². The van der Waals surface area contributed by atoms with Crippen molar-refractivity contribution in [2.24, 2.45) is 5.92 Å². The molecule has 2 N–H and O–H groups in total. The third-order valence-corrected chi connectivity index (χ3v) is 8.97. The van der Waals surface area contributed by atoms with Crippen LogP contribution in [0.15, 0.2) is 95.9 Å². The molecule has 0 bridgehead atoms. The molecule has 8 heteroatoms. The smallest absolute Gasteiger partial charge is 0.241 e. The van der Waals surface area contributed by atoms with Gasteiger partial charge in [0.2, 0.25) is 15.9 Å². The maximum Gasteiger partial charge on any atom is 0.241 e. The third-order valence-electron chi connectivity index (χ3n) is 7.50. The van der Waals surface area contributed by atoms with Gasteiger partial charge in [0.1, 0.15) is 5.75 Å².